The fourth-order valence-electron chi connectivity index (χ4n) is 2.69. The number of nitrogens with one attached hydrogen (secondary N) is 1. The second kappa shape index (κ2) is 7.84. The molecule has 2 aromatic rings. The number of hydrogen-bond donors (Lipinski definition) is 1. The van der Waals surface area contributed by atoms with E-state index in [2.05, 4.69) is 30.1 Å². The number of aromatic nitrogens is 3. The highest BCUT2D eigenvalue weighted by atomic mass is 16.6. The zero-order valence-electron chi connectivity index (χ0n) is 14.0. The molecule has 0 atom stereocenters. The summed E-state index contributed by atoms with van der Waals surface area (Å²) in [6.07, 6.45) is 3.56. The minimum absolute atomic E-state index is 0.0600. The molecule has 9 nitrogen and oxygen atoms in total. The molecule has 1 N–H and O–H groups in total. The molecule has 3 rings (SSSR count). The Hall–Kier alpha value is -2.81. The molecule has 0 aromatic carbocycles. The number of nitrogens with zero attached hydrogens (tertiary/aromatic N) is 5. The van der Waals surface area contributed by atoms with Crippen LogP contribution in [0.1, 0.15) is 21.7 Å². The van der Waals surface area contributed by atoms with Crippen LogP contribution in [0.4, 0.5) is 0 Å². The van der Waals surface area contributed by atoms with Gasteiger partial charge < -0.3 is 10.2 Å². The summed E-state index contributed by atoms with van der Waals surface area (Å²) in [5.41, 5.74) is 1.71. The number of hydrogen-bond acceptors (Lipinski definition) is 7. The van der Waals surface area contributed by atoms with Gasteiger partial charge in [-0.3, -0.25) is 19.5 Å². The summed E-state index contributed by atoms with van der Waals surface area (Å²) >= 11 is 0. The van der Waals surface area contributed by atoms with E-state index in [9.17, 15) is 9.59 Å². The first-order chi connectivity index (χ1) is 12.1. The molecule has 0 bridgehead atoms. The quantitative estimate of drug-likeness (QED) is 0.804. The van der Waals surface area contributed by atoms with Crippen LogP contribution < -0.4 is 5.32 Å². The summed E-state index contributed by atoms with van der Waals surface area (Å²) in [4.78, 5) is 32.2. The van der Waals surface area contributed by atoms with Crippen LogP contribution in [0.2, 0.25) is 0 Å². The van der Waals surface area contributed by atoms with E-state index >= 15 is 0 Å². The van der Waals surface area contributed by atoms with Crippen LogP contribution in [0.15, 0.2) is 29.2 Å². The number of carbonyl (C=O) groups excluding carboxylic acids is 2. The molecular weight excluding hydrogens is 324 g/mol. The van der Waals surface area contributed by atoms with Crippen LogP contribution in [0.3, 0.4) is 0 Å². The van der Waals surface area contributed by atoms with Crippen LogP contribution in [-0.4, -0.2) is 69.6 Å². The molecule has 9 heteroatoms. The van der Waals surface area contributed by atoms with E-state index in [0.29, 0.717) is 18.8 Å². The second-order valence-corrected chi connectivity index (χ2v) is 5.89. The largest absolute Gasteiger partial charge is 0.341 e. The van der Waals surface area contributed by atoms with Gasteiger partial charge in [-0.05, 0) is 29.8 Å². The highest BCUT2D eigenvalue weighted by molar-refractivity contribution is 5.95. The molecule has 25 heavy (non-hydrogen) atoms. The van der Waals surface area contributed by atoms with Gasteiger partial charge in [0, 0.05) is 45.1 Å². The molecule has 0 spiro atoms. The van der Waals surface area contributed by atoms with E-state index < -0.39 is 5.91 Å². The maximum atomic E-state index is 12.2. The van der Waals surface area contributed by atoms with Gasteiger partial charge in [0.1, 0.15) is 5.69 Å². The highest BCUT2D eigenvalue weighted by Gasteiger charge is 2.22. The Kier molecular flexibility index (Phi) is 5.34. The summed E-state index contributed by atoms with van der Waals surface area (Å²) in [7, 11) is 0. The first-order valence-corrected chi connectivity index (χ1v) is 8.10. The maximum absolute atomic E-state index is 12.2. The first kappa shape index (κ1) is 17.0. The second-order valence-electron chi connectivity index (χ2n) is 5.89. The molecule has 1 saturated heterocycles. The van der Waals surface area contributed by atoms with E-state index in [1.807, 2.05) is 12.1 Å². The fourth-order valence-corrected chi connectivity index (χ4v) is 2.69. The number of amides is 2. The first-order valence-electron chi connectivity index (χ1n) is 8.10. The SMILES string of the molecule is Cc1nonc1C(=O)NCC(=O)N1CCN(Cc2ccncc2)CC1. The Bertz CT molecular complexity index is 724. The minimum Gasteiger partial charge on any atom is -0.341 e. The molecule has 132 valence electrons. The summed E-state index contributed by atoms with van der Waals surface area (Å²) < 4.78 is 4.48. The van der Waals surface area contributed by atoms with Gasteiger partial charge in [-0.2, -0.15) is 0 Å². The Morgan fingerprint density at radius 2 is 1.88 bits per heavy atom. The van der Waals surface area contributed by atoms with Crippen molar-refractivity contribution >= 4 is 11.8 Å². The van der Waals surface area contributed by atoms with Crippen molar-refractivity contribution in [3.8, 4) is 0 Å². The van der Waals surface area contributed by atoms with Crippen molar-refractivity contribution in [1.82, 2.24) is 30.4 Å². The number of piperazine rings is 1. The molecule has 1 fully saturated rings. The number of rotatable bonds is 5. The highest BCUT2D eigenvalue weighted by Crippen LogP contribution is 2.08. The van der Waals surface area contributed by atoms with Crippen molar-refractivity contribution in [2.24, 2.45) is 0 Å². The number of aryl methyl sites for hydroxylation is 1. The van der Waals surface area contributed by atoms with E-state index in [-0.39, 0.29) is 18.1 Å². The standard InChI is InChI=1S/C16H20N6O3/c1-12-15(20-25-19-12)16(24)18-10-14(23)22-8-6-21(7-9-22)11-13-2-4-17-5-3-13/h2-5H,6-11H2,1H3,(H,18,24). The van der Waals surface area contributed by atoms with Gasteiger partial charge in [0.25, 0.3) is 5.91 Å². The Morgan fingerprint density at radius 3 is 2.52 bits per heavy atom. The molecule has 2 amide bonds. The van der Waals surface area contributed by atoms with Gasteiger partial charge in [-0.15, -0.1) is 0 Å². The average molecular weight is 344 g/mol. The topological polar surface area (TPSA) is 104 Å². The van der Waals surface area contributed by atoms with Crippen LogP contribution in [0.5, 0.6) is 0 Å². The van der Waals surface area contributed by atoms with Crippen molar-refractivity contribution in [3.63, 3.8) is 0 Å². The molecule has 0 radical (unpaired) electrons. The zero-order valence-corrected chi connectivity index (χ0v) is 14.0. The van der Waals surface area contributed by atoms with E-state index in [1.165, 1.54) is 5.56 Å². The lowest BCUT2D eigenvalue weighted by Crippen LogP contribution is -2.50. The lowest BCUT2D eigenvalue weighted by Gasteiger charge is -2.34. The fraction of sp³-hybridized carbons (Fsp3) is 0.438. The van der Waals surface area contributed by atoms with Crippen LogP contribution in [0, 0.1) is 6.92 Å². The van der Waals surface area contributed by atoms with Crippen molar-refractivity contribution in [2.75, 3.05) is 32.7 Å². The monoisotopic (exact) mass is 344 g/mol. The molecule has 3 heterocycles. The van der Waals surface area contributed by atoms with Crippen LogP contribution in [0.25, 0.3) is 0 Å². The predicted octanol–water partition coefficient (Wildman–Crippen LogP) is -0.153. The van der Waals surface area contributed by atoms with Gasteiger partial charge in [0.2, 0.25) is 5.91 Å². The van der Waals surface area contributed by atoms with E-state index in [0.717, 1.165) is 19.6 Å². The van der Waals surface area contributed by atoms with Gasteiger partial charge >= 0.3 is 0 Å². The molecule has 0 unspecified atom stereocenters. The Labute approximate surface area is 145 Å². The normalized spacial score (nSPS) is 15.2. The third-order valence-electron chi connectivity index (χ3n) is 4.15. The average Bonchev–Trinajstić information content (AvgIpc) is 3.07. The Morgan fingerprint density at radius 1 is 1.16 bits per heavy atom. The van der Waals surface area contributed by atoms with Crippen LogP contribution in [-0.2, 0) is 11.3 Å². The summed E-state index contributed by atoms with van der Waals surface area (Å²) in [5.74, 6) is -0.561. The van der Waals surface area contributed by atoms with Gasteiger partial charge in [0.05, 0.1) is 6.54 Å². The van der Waals surface area contributed by atoms with E-state index in [4.69, 9.17) is 0 Å². The van der Waals surface area contributed by atoms with E-state index in [1.54, 1.807) is 24.2 Å². The lowest BCUT2D eigenvalue weighted by atomic mass is 10.2. The molecule has 0 saturated carbocycles. The van der Waals surface area contributed by atoms with Gasteiger partial charge in [-0.1, -0.05) is 5.16 Å². The maximum Gasteiger partial charge on any atom is 0.275 e. The summed E-state index contributed by atoms with van der Waals surface area (Å²) in [6, 6.07) is 3.99. The van der Waals surface area contributed by atoms with Gasteiger partial charge in [-0.25, -0.2) is 4.63 Å². The lowest BCUT2D eigenvalue weighted by molar-refractivity contribution is -0.131. The number of pyridine rings is 1. The summed E-state index contributed by atoms with van der Waals surface area (Å²) in [6.45, 7) is 5.29. The van der Waals surface area contributed by atoms with Crippen LogP contribution >= 0.6 is 0 Å². The molecule has 1 aliphatic rings. The van der Waals surface area contributed by atoms with Crippen molar-refractivity contribution in [3.05, 3.63) is 41.5 Å². The van der Waals surface area contributed by atoms with Crippen molar-refractivity contribution < 1.29 is 14.2 Å². The molecule has 1 aliphatic heterocycles. The zero-order chi connectivity index (χ0) is 17.6. The van der Waals surface area contributed by atoms with Gasteiger partial charge in [0.15, 0.2) is 5.69 Å². The predicted molar refractivity (Wildman–Crippen MR) is 87.5 cm³/mol. The van der Waals surface area contributed by atoms with Crippen molar-refractivity contribution in [1.29, 1.82) is 0 Å². The Balaban J connectivity index is 1.42. The number of carbonyl (C=O) groups is 2. The third-order valence-corrected chi connectivity index (χ3v) is 4.15. The third kappa shape index (κ3) is 4.38. The molecule has 0 aliphatic carbocycles. The van der Waals surface area contributed by atoms with Crippen molar-refractivity contribution in [2.45, 2.75) is 13.5 Å². The molecule has 2 aromatic heterocycles. The summed E-state index contributed by atoms with van der Waals surface area (Å²) in [5, 5.41) is 9.63. The molecular formula is C16H20N6O3. The minimum atomic E-state index is -0.455. The smallest absolute Gasteiger partial charge is 0.275 e.